The third-order valence-corrected chi connectivity index (χ3v) is 4.62. The molecule has 0 fully saturated rings. The largest absolute Gasteiger partial charge is 0.383 e. The van der Waals surface area contributed by atoms with Crippen molar-refractivity contribution in [1.29, 1.82) is 0 Å². The molecular formula is C23H26N2O2. The lowest BCUT2D eigenvalue weighted by atomic mass is 10.1. The van der Waals surface area contributed by atoms with Gasteiger partial charge in [0.15, 0.2) is 0 Å². The van der Waals surface area contributed by atoms with Gasteiger partial charge in [-0.25, -0.2) is 0 Å². The van der Waals surface area contributed by atoms with Gasteiger partial charge >= 0.3 is 0 Å². The van der Waals surface area contributed by atoms with Gasteiger partial charge in [-0.15, -0.1) is 0 Å². The second-order valence-electron chi connectivity index (χ2n) is 6.70. The molecule has 0 spiro atoms. The molecule has 2 aromatic carbocycles. The number of benzene rings is 2. The SMILES string of the molecule is COCCN(Cc1cccn1Cc1ccccc1)C(=O)c1ccc(C)cc1. The van der Waals surface area contributed by atoms with Crippen molar-refractivity contribution in [3.8, 4) is 0 Å². The maximum absolute atomic E-state index is 13.0. The molecule has 0 aliphatic heterocycles. The Morgan fingerprint density at radius 3 is 2.44 bits per heavy atom. The molecule has 0 radical (unpaired) electrons. The molecule has 0 saturated carbocycles. The summed E-state index contributed by atoms with van der Waals surface area (Å²) >= 11 is 0. The predicted molar refractivity (Wildman–Crippen MR) is 108 cm³/mol. The monoisotopic (exact) mass is 362 g/mol. The van der Waals surface area contributed by atoms with E-state index < -0.39 is 0 Å². The molecule has 27 heavy (non-hydrogen) atoms. The zero-order valence-corrected chi connectivity index (χ0v) is 16.0. The molecule has 0 unspecified atom stereocenters. The van der Waals surface area contributed by atoms with Crippen LogP contribution in [0, 0.1) is 6.92 Å². The summed E-state index contributed by atoms with van der Waals surface area (Å²) in [6, 6.07) is 22.2. The zero-order chi connectivity index (χ0) is 19.1. The molecule has 4 nitrogen and oxygen atoms in total. The van der Waals surface area contributed by atoms with E-state index in [2.05, 4.69) is 29.0 Å². The first kappa shape index (κ1) is 18.9. The van der Waals surface area contributed by atoms with Gasteiger partial charge in [0.25, 0.3) is 5.91 Å². The van der Waals surface area contributed by atoms with Crippen LogP contribution < -0.4 is 0 Å². The van der Waals surface area contributed by atoms with Gasteiger partial charge in [-0.05, 0) is 36.8 Å². The van der Waals surface area contributed by atoms with E-state index in [1.165, 1.54) is 5.56 Å². The van der Waals surface area contributed by atoms with Crippen molar-refractivity contribution in [2.75, 3.05) is 20.3 Å². The molecule has 1 heterocycles. The van der Waals surface area contributed by atoms with Crippen LogP contribution in [-0.4, -0.2) is 35.6 Å². The van der Waals surface area contributed by atoms with Crippen molar-refractivity contribution in [1.82, 2.24) is 9.47 Å². The van der Waals surface area contributed by atoms with E-state index in [1.807, 2.05) is 60.4 Å². The van der Waals surface area contributed by atoms with Crippen LogP contribution in [0.15, 0.2) is 72.9 Å². The number of methoxy groups -OCH3 is 1. The normalized spacial score (nSPS) is 10.7. The van der Waals surface area contributed by atoms with E-state index in [0.29, 0.717) is 25.3 Å². The Morgan fingerprint density at radius 2 is 1.74 bits per heavy atom. The van der Waals surface area contributed by atoms with Crippen molar-refractivity contribution in [3.63, 3.8) is 0 Å². The molecule has 0 saturated heterocycles. The van der Waals surface area contributed by atoms with E-state index >= 15 is 0 Å². The van der Waals surface area contributed by atoms with Gasteiger partial charge in [0, 0.05) is 37.7 Å². The Hall–Kier alpha value is -2.85. The van der Waals surface area contributed by atoms with E-state index in [4.69, 9.17) is 4.74 Å². The second kappa shape index (κ2) is 9.19. The Morgan fingerprint density at radius 1 is 1.00 bits per heavy atom. The van der Waals surface area contributed by atoms with Gasteiger partial charge in [-0.3, -0.25) is 4.79 Å². The highest BCUT2D eigenvalue weighted by Crippen LogP contribution is 2.14. The van der Waals surface area contributed by atoms with E-state index in [1.54, 1.807) is 7.11 Å². The summed E-state index contributed by atoms with van der Waals surface area (Å²) in [5, 5.41) is 0. The molecule has 0 atom stereocenters. The summed E-state index contributed by atoms with van der Waals surface area (Å²) in [7, 11) is 1.66. The molecule has 3 aromatic rings. The summed E-state index contributed by atoms with van der Waals surface area (Å²) in [4.78, 5) is 14.9. The highest BCUT2D eigenvalue weighted by molar-refractivity contribution is 5.94. The number of carbonyl (C=O) groups excluding carboxylic acids is 1. The highest BCUT2D eigenvalue weighted by atomic mass is 16.5. The molecule has 0 aliphatic rings. The van der Waals surface area contributed by atoms with Gasteiger partial charge in [0.1, 0.15) is 0 Å². The van der Waals surface area contributed by atoms with Crippen LogP contribution in [0.3, 0.4) is 0 Å². The minimum absolute atomic E-state index is 0.0273. The van der Waals surface area contributed by atoms with Crippen LogP contribution in [0.2, 0.25) is 0 Å². The molecule has 4 heteroatoms. The van der Waals surface area contributed by atoms with Crippen LogP contribution in [0.4, 0.5) is 0 Å². The minimum atomic E-state index is 0.0273. The van der Waals surface area contributed by atoms with E-state index in [0.717, 1.165) is 17.8 Å². The van der Waals surface area contributed by atoms with Crippen LogP contribution in [0.25, 0.3) is 0 Å². The summed E-state index contributed by atoms with van der Waals surface area (Å²) in [5.74, 6) is 0.0273. The third kappa shape index (κ3) is 5.08. The lowest BCUT2D eigenvalue weighted by molar-refractivity contribution is 0.0676. The zero-order valence-electron chi connectivity index (χ0n) is 16.0. The summed E-state index contributed by atoms with van der Waals surface area (Å²) in [6.45, 7) is 4.43. The summed E-state index contributed by atoms with van der Waals surface area (Å²) in [6.07, 6.45) is 2.06. The topological polar surface area (TPSA) is 34.5 Å². The number of aromatic nitrogens is 1. The minimum Gasteiger partial charge on any atom is -0.383 e. The summed E-state index contributed by atoms with van der Waals surface area (Å²) < 4.78 is 7.41. The van der Waals surface area contributed by atoms with Crippen LogP contribution in [0.5, 0.6) is 0 Å². The third-order valence-electron chi connectivity index (χ3n) is 4.62. The fourth-order valence-corrected chi connectivity index (χ4v) is 3.06. The Bertz CT molecular complexity index is 854. The fourth-order valence-electron chi connectivity index (χ4n) is 3.06. The van der Waals surface area contributed by atoms with Crippen LogP contribution >= 0.6 is 0 Å². The molecule has 0 bridgehead atoms. The van der Waals surface area contributed by atoms with Crippen LogP contribution in [-0.2, 0) is 17.8 Å². The molecule has 3 rings (SSSR count). The van der Waals surface area contributed by atoms with Crippen molar-refractivity contribution >= 4 is 5.91 Å². The van der Waals surface area contributed by atoms with Gasteiger partial charge in [0.05, 0.1) is 13.2 Å². The number of amides is 1. The number of carbonyl (C=O) groups is 1. The van der Waals surface area contributed by atoms with Gasteiger partial charge in [0.2, 0.25) is 0 Å². The molecule has 1 amide bonds. The number of hydrogen-bond acceptors (Lipinski definition) is 2. The number of aryl methyl sites for hydroxylation is 1. The number of rotatable bonds is 8. The van der Waals surface area contributed by atoms with Crippen molar-refractivity contribution in [3.05, 3.63) is 95.3 Å². The molecule has 0 N–H and O–H groups in total. The predicted octanol–water partition coefficient (Wildman–Crippen LogP) is 4.13. The van der Waals surface area contributed by atoms with E-state index in [-0.39, 0.29) is 5.91 Å². The van der Waals surface area contributed by atoms with Crippen molar-refractivity contribution < 1.29 is 9.53 Å². The Labute approximate surface area is 161 Å². The maximum Gasteiger partial charge on any atom is 0.254 e. The smallest absolute Gasteiger partial charge is 0.254 e. The fraction of sp³-hybridized carbons (Fsp3) is 0.261. The Kier molecular flexibility index (Phi) is 6.44. The summed E-state index contributed by atoms with van der Waals surface area (Å²) in [5.41, 5.74) is 4.20. The standard InChI is InChI=1S/C23H26N2O2/c1-19-10-12-21(13-11-19)23(26)25(15-16-27-2)18-22-9-6-14-24(22)17-20-7-4-3-5-8-20/h3-14H,15-18H2,1-2H3. The quantitative estimate of drug-likeness (QED) is 0.604. The average Bonchev–Trinajstić information content (AvgIpc) is 3.12. The highest BCUT2D eigenvalue weighted by Gasteiger charge is 2.17. The molecular weight excluding hydrogens is 336 g/mol. The molecule has 0 aliphatic carbocycles. The average molecular weight is 362 g/mol. The number of nitrogens with zero attached hydrogens (tertiary/aromatic N) is 2. The van der Waals surface area contributed by atoms with Gasteiger partial charge < -0.3 is 14.2 Å². The first-order chi connectivity index (χ1) is 13.2. The number of hydrogen-bond donors (Lipinski definition) is 0. The Balaban J connectivity index is 1.78. The number of ether oxygens (including phenoxy) is 1. The molecule has 1 aromatic heterocycles. The lowest BCUT2D eigenvalue weighted by Gasteiger charge is -2.23. The van der Waals surface area contributed by atoms with E-state index in [9.17, 15) is 4.79 Å². The first-order valence-corrected chi connectivity index (χ1v) is 9.20. The molecule has 140 valence electrons. The van der Waals surface area contributed by atoms with Crippen molar-refractivity contribution in [2.24, 2.45) is 0 Å². The van der Waals surface area contributed by atoms with Crippen LogP contribution in [0.1, 0.15) is 27.2 Å². The maximum atomic E-state index is 13.0. The van der Waals surface area contributed by atoms with Gasteiger partial charge in [-0.2, -0.15) is 0 Å². The van der Waals surface area contributed by atoms with Gasteiger partial charge in [-0.1, -0.05) is 48.0 Å². The van der Waals surface area contributed by atoms with Crippen molar-refractivity contribution in [2.45, 2.75) is 20.0 Å². The lowest BCUT2D eigenvalue weighted by Crippen LogP contribution is -2.34. The second-order valence-corrected chi connectivity index (χ2v) is 6.70. The first-order valence-electron chi connectivity index (χ1n) is 9.20.